The van der Waals surface area contributed by atoms with E-state index < -0.39 is 0 Å². The molecule has 0 aromatic heterocycles. The average Bonchev–Trinajstić information content (AvgIpc) is 2.97. The number of halogens is 1. The second kappa shape index (κ2) is 4.87. The lowest BCUT2D eigenvalue weighted by molar-refractivity contribution is 0.230. The summed E-state index contributed by atoms with van der Waals surface area (Å²) in [6.07, 6.45) is 2.53. The molecule has 0 radical (unpaired) electrons. The van der Waals surface area contributed by atoms with Crippen LogP contribution >= 0.6 is 11.6 Å². The molecule has 2 unspecified atom stereocenters. The first-order valence-electron chi connectivity index (χ1n) is 6.40. The summed E-state index contributed by atoms with van der Waals surface area (Å²) < 4.78 is 5.73. The van der Waals surface area contributed by atoms with Crippen molar-refractivity contribution in [3.05, 3.63) is 29.8 Å². The predicted octanol–water partition coefficient (Wildman–Crippen LogP) is 2.87. The third-order valence-corrected chi connectivity index (χ3v) is 4.29. The van der Waals surface area contributed by atoms with Crippen LogP contribution in [0.3, 0.4) is 0 Å². The summed E-state index contributed by atoms with van der Waals surface area (Å²) in [5, 5.41) is 0. The lowest BCUT2D eigenvalue weighted by Crippen LogP contribution is -2.34. The molecule has 2 aliphatic rings. The molecular formula is C14H18ClNO. The number of hydrogen-bond acceptors (Lipinski definition) is 2. The smallest absolute Gasteiger partial charge is 0.122 e. The topological polar surface area (TPSA) is 12.5 Å². The maximum atomic E-state index is 6.02. The van der Waals surface area contributed by atoms with Crippen LogP contribution in [0.15, 0.2) is 24.3 Å². The summed E-state index contributed by atoms with van der Waals surface area (Å²) in [5.41, 5.74) is 1.37. The first-order valence-corrected chi connectivity index (χ1v) is 6.93. The van der Waals surface area contributed by atoms with Crippen molar-refractivity contribution >= 4 is 11.6 Å². The Morgan fingerprint density at radius 3 is 3.12 bits per heavy atom. The highest BCUT2D eigenvalue weighted by Crippen LogP contribution is 2.35. The van der Waals surface area contributed by atoms with Crippen molar-refractivity contribution in [2.24, 2.45) is 0 Å². The Kier molecular flexibility index (Phi) is 3.26. The number of nitrogens with zero attached hydrogens (tertiary/aromatic N) is 1. The van der Waals surface area contributed by atoms with E-state index in [1.807, 2.05) is 6.07 Å². The number of rotatable bonds is 3. The first kappa shape index (κ1) is 11.4. The average molecular weight is 252 g/mol. The molecule has 2 atom stereocenters. The Hall–Kier alpha value is -0.730. The van der Waals surface area contributed by atoms with Gasteiger partial charge in [0.25, 0.3) is 0 Å². The fourth-order valence-corrected chi connectivity index (χ4v) is 3.32. The molecule has 3 heteroatoms. The molecule has 0 N–H and O–H groups in total. The molecule has 0 amide bonds. The van der Waals surface area contributed by atoms with Gasteiger partial charge in [0.05, 0.1) is 6.61 Å². The van der Waals surface area contributed by atoms with E-state index in [9.17, 15) is 0 Å². The molecule has 3 rings (SSSR count). The molecule has 0 aliphatic carbocycles. The van der Waals surface area contributed by atoms with E-state index in [1.54, 1.807) is 0 Å². The van der Waals surface area contributed by atoms with Crippen molar-refractivity contribution in [2.75, 3.05) is 25.6 Å². The van der Waals surface area contributed by atoms with E-state index >= 15 is 0 Å². The van der Waals surface area contributed by atoms with Crippen LogP contribution in [0, 0.1) is 0 Å². The summed E-state index contributed by atoms with van der Waals surface area (Å²) >= 11 is 6.02. The van der Waals surface area contributed by atoms with Crippen LogP contribution in [0.1, 0.15) is 24.3 Å². The van der Waals surface area contributed by atoms with Gasteiger partial charge < -0.3 is 4.74 Å². The van der Waals surface area contributed by atoms with Gasteiger partial charge in [-0.2, -0.15) is 0 Å². The third-order valence-electron chi connectivity index (χ3n) is 3.93. The van der Waals surface area contributed by atoms with Crippen LogP contribution in [0.4, 0.5) is 0 Å². The zero-order valence-corrected chi connectivity index (χ0v) is 10.7. The minimum Gasteiger partial charge on any atom is -0.493 e. The normalized spacial score (nSPS) is 28.1. The van der Waals surface area contributed by atoms with Gasteiger partial charge in [-0.05, 0) is 25.5 Å². The molecule has 1 aromatic carbocycles. The molecule has 1 fully saturated rings. The minimum absolute atomic E-state index is 0.523. The van der Waals surface area contributed by atoms with Crippen LogP contribution in [0.25, 0.3) is 0 Å². The zero-order valence-electron chi connectivity index (χ0n) is 9.94. The van der Waals surface area contributed by atoms with E-state index in [0.717, 1.165) is 24.8 Å². The number of para-hydroxylation sites is 1. The number of alkyl halides is 1. The standard InChI is InChI=1S/C14H18ClNO/c15-8-12-4-3-7-16(12)9-11-10-17-14-6-2-1-5-13(11)14/h1-2,5-6,11-12H,3-4,7-10H2. The number of hydrogen-bond donors (Lipinski definition) is 0. The van der Waals surface area contributed by atoms with E-state index in [0.29, 0.717) is 12.0 Å². The maximum Gasteiger partial charge on any atom is 0.122 e. The van der Waals surface area contributed by atoms with Crippen LogP contribution < -0.4 is 4.74 Å². The van der Waals surface area contributed by atoms with E-state index in [1.165, 1.54) is 24.9 Å². The second-order valence-electron chi connectivity index (χ2n) is 4.99. The highest BCUT2D eigenvalue weighted by Gasteiger charge is 2.30. The minimum atomic E-state index is 0.523. The summed E-state index contributed by atoms with van der Waals surface area (Å²) in [5.74, 6) is 2.35. The summed E-state index contributed by atoms with van der Waals surface area (Å²) in [6, 6.07) is 8.98. The molecule has 2 nitrogen and oxygen atoms in total. The van der Waals surface area contributed by atoms with Crippen molar-refractivity contribution in [1.29, 1.82) is 0 Å². The van der Waals surface area contributed by atoms with Gasteiger partial charge in [0.2, 0.25) is 0 Å². The van der Waals surface area contributed by atoms with Gasteiger partial charge in [0, 0.05) is 29.9 Å². The molecule has 2 heterocycles. The Labute approximate surface area is 108 Å². The number of ether oxygens (including phenoxy) is 1. The molecule has 1 saturated heterocycles. The zero-order chi connectivity index (χ0) is 11.7. The monoisotopic (exact) mass is 251 g/mol. The Morgan fingerprint density at radius 1 is 1.35 bits per heavy atom. The molecule has 92 valence electrons. The fourth-order valence-electron chi connectivity index (χ4n) is 2.97. The summed E-state index contributed by atoms with van der Waals surface area (Å²) in [7, 11) is 0. The number of benzene rings is 1. The van der Waals surface area contributed by atoms with Crippen molar-refractivity contribution in [1.82, 2.24) is 4.90 Å². The van der Waals surface area contributed by atoms with Crippen molar-refractivity contribution < 1.29 is 4.74 Å². The van der Waals surface area contributed by atoms with Gasteiger partial charge in [-0.1, -0.05) is 18.2 Å². The molecule has 17 heavy (non-hydrogen) atoms. The van der Waals surface area contributed by atoms with E-state index in [2.05, 4.69) is 23.1 Å². The van der Waals surface area contributed by atoms with Gasteiger partial charge in [-0.25, -0.2) is 0 Å². The lowest BCUT2D eigenvalue weighted by Gasteiger charge is -2.25. The van der Waals surface area contributed by atoms with Gasteiger partial charge in [-0.3, -0.25) is 4.90 Å². The first-order chi connectivity index (χ1) is 8.38. The van der Waals surface area contributed by atoms with Gasteiger partial charge in [-0.15, -0.1) is 11.6 Å². The van der Waals surface area contributed by atoms with Crippen LogP contribution in [-0.4, -0.2) is 36.5 Å². The summed E-state index contributed by atoms with van der Waals surface area (Å²) in [4.78, 5) is 2.53. The molecule has 0 bridgehead atoms. The number of fused-ring (bicyclic) bond motifs is 1. The molecule has 0 spiro atoms. The van der Waals surface area contributed by atoms with Gasteiger partial charge in [0.1, 0.15) is 5.75 Å². The predicted molar refractivity (Wildman–Crippen MR) is 70.0 cm³/mol. The Bertz CT molecular complexity index is 396. The number of likely N-dealkylation sites (tertiary alicyclic amines) is 1. The highest BCUT2D eigenvalue weighted by atomic mass is 35.5. The van der Waals surface area contributed by atoms with Crippen LogP contribution in [0.2, 0.25) is 0 Å². The SMILES string of the molecule is ClCC1CCCN1CC1COc2ccccc21. The largest absolute Gasteiger partial charge is 0.493 e. The van der Waals surface area contributed by atoms with Crippen LogP contribution in [-0.2, 0) is 0 Å². The Morgan fingerprint density at radius 2 is 2.24 bits per heavy atom. The quantitative estimate of drug-likeness (QED) is 0.766. The molecule has 0 saturated carbocycles. The third kappa shape index (κ3) is 2.16. The van der Waals surface area contributed by atoms with Crippen molar-refractivity contribution in [2.45, 2.75) is 24.8 Å². The fraction of sp³-hybridized carbons (Fsp3) is 0.571. The Balaban J connectivity index is 1.71. The van der Waals surface area contributed by atoms with Crippen molar-refractivity contribution in [3.63, 3.8) is 0 Å². The van der Waals surface area contributed by atoms with E-state index in [4.69, 9.17) is 16.3 Å². The van der Waals surface area contributed by atoms with E-state index in [-0.39, 0.29) is 0 Å². The lowest BCUT2D eigenvalue weighted by atomic mass is 10.0. The molecule has 1 aromatic rings. The van der Waals surface area contributed by atoms with Crippen molar-refractivity contribution in [3.8, 4) is 5.75 Å². The maximum absolute atomic E-state index is 6.02. The summed E-state index contributed by atoms with van der Waals surface area (Å²) in [6.45, 7) is 3.11. The van der Waals surface area contributed by atoms with Crippen LogP contribution in [0.5, 0.6) is 5.75 Å². The molecular weight excluding hydrogens is 234 g/mol. The molecule has 2 aliphatic heterocycles. The van der Waals surface area contributed by atoms with Gasteiger partial charge in [0.15, 0.2) is 0 Å². The van der Waals surface area contributed by atoms with Gasteiger partial charge >= 0.3 is 0 Å². The second-order valence-corrected chi connectivity index (χ2v) is 5.30. The highest BCUT2D eigenvalue weighted by molar-refractivity contribution is 6.18.